The molecule has 0 saturated heterocycles. The Labute approximate surface area is 115 Å². The van der Waals surface area contributed by atoms with Gasteiger partial charge in [-0.3, -0.25) is 0 Å². The van der Waals surface area contributed by atoms with Crippen LogP contribution < -0.4 is 4.90 Å². The van der Waals surface area contributed by atoms with Crippen LogP contribution in [0.1, 0.15) is 11.1 Å². The van der Waals surface area contributed by atoms with E-state index in [1.807, 2.05) is 42.3 Å². The molecule has 1 aromatic heterocycles. The van der Waals surface area contributed by atoms with Crippen LogP contribution >= 0.6 is 15.9 Å². The number of hydrogen-bond acceptors (Lipinski definition) is 3. The van der Waals surface area contributed by atoms with E-state index in [4.69, 9.17) is 5.26 Å². The molecular formula is C14H12BrN3. The fourth-order valence-corrected chi connectivity index (χ4v) is 1.92. The van der Waals surface area contributed by atoms with Gasteiger partial charge in [-0.05, 0) is 45.8 Å². The van der Waals surface area contributed by atoms with Gasteiger partial charge in [-0.2, -0.15) is 5.26 Å². The molecule has 0 N–H and O–H groups in total. The maximum absolute atomic E-state index is 8.86. The highest BCUT2D eigenvalue weighted by Gasteiger charge is 2.04. The van der Waals surface area contributed by atoms with E-state index in [1.165, 1.54) is 0 Å². The number of halogens is 1. The number of hydrogen-bond donors (Lipinski definition) is 0. The molecule has 2 rings (SSSR count). The van der Waals surface area contributed by atoms with Crippen LogP contribution in [0.4, 0.5) is 5.82 Å². The molecule has 1 heterocycles. The highest BCUT2D eigenvalue weighted by Crippen LogP contribution is 2.16. The van der Waals surface area contributed by atoms with Crippen molar-refractivity contribution in [1.29, 1.82) is 5.26 Å². The standard InChI is InChI=1S/C14H12BrN3/c1-18(14-6-5-13(15)9-17-14)10-12-4-2-3-11(7-12)8-16/h2-7,9H,10H2,1H3. The third kappa shape index (κ3) is 3.08. The Morgan fingerprint density at radius 1 is 1.33 bits per heavy atom. The van der Waals surface area contributed by atoms with Gasteiger partial charge in [0.1, 0.15) is 5.82 Å². The van der Waals surface area contributed by atoms with Crippen LogP contribution in [0.25, 0.3) is 0 Å². The first-order valence-corrected chi connectivity index (χ1v) is 6.30. The van der Waals surface area contributed by atoms with Crippen molar-refractivity contribution >= 4 is 21.7 Å². The number of aromatic nitrogens is 1. The summed E-state index contributed by atoms with van der Waals surface area (Å²) in [5.74, 6) is 0.903. The Hall–Kier alpha value is -1.86. The van der Waals surface area contributed by atoms with E-state index >= 15 is 0 Å². The Bertz CT molecular complexity index is 572. The lowest BCUT2D eigenvalue weighted by atomic mass is 10.1. The molecule has 0 radical (unpaired) electrons. The SMILES string of the molecule is CN(Cc1cccc(C#N)c1)c1ccc(Br)cn1. The van der Waals surface area contributed by atoms with Crippen LogP contribution in [0, 0.1) is 11.3 Å². The fraction of sp³-hybridized carbons (Fsp3) is 0.143. The van der Waals surface area contributed by atoms with Gasteiger partial charge in [0.2, 0.25) is 0 Å². The topological polar surface area (TPSA) is 39.9 Å². The normalized spacial score (nSPS) is 9.83. The molecule has 0 bridgehead atoms. The number of nitriles is 1. The quantitative estimate of drug-likeness (QED) is 0.873. The molecule has 0 aliphatic heterocycles. The second-order valence-corrected chi connectivity index (χ2v) is 4.92. The number of benzene rings is 1. The summed E-state index contributed by atoms with van der Waals surface area (Å²) in [7, 11) is 1.98. The van der Waals surface area contributed by atoms with Gasteiger partial charge in [0, 0.05) is 24.3 Å². The molecule has 90 valence electrons. The molecule has 0 atom stereocenters. The second kappa shape index (κ2) is 5.65. The van der Waals surface area contributed by atoms with Crippen LogP contribution in [-0.4, -0.2) is 12.0 Å². The summed E-state index contributed by atoms with van der Waals surface area (Å²) in [6.07, 6.45) is 1.78. The molecule has 0 amide bonds. The smallest absolute Gasteiger partial charge is 0.128 e. The van der Waals surface area contributed by atoms with Crippen LogP contribution in [-0.2, 0) is 6.54 Å². The van der Waals surface area contributed by atoms with Crippen LogP contribution in [0.15, 0.2) is 47.1 Å². The Morgan fingerprint density at radius 2 is 2.17 bits per heavy atom. The molecule has 0 saturated carbocycles. The van der Waals surface area contributed by atoms with Gasteiger partial charge in [-0.25, -0.2) is 4.98 Å². The van der Waals surface area contributed by atoms with E-state index in [-0.39, 0.29) is 0 Å². The predicted octanol–water partition coefficient (Wildman–Crippen LogP) is 3.35. The molecule has 18 heavy (non-hydrogen) atoms. The zero-order valence-corrected chi connectivity index (χ0v) is 11.6. The monoisotopic (exact) mass is 301 g/mol. The molecule has 0 spiro atoms. The first-order chi connectivity index (χ1) is 8.69. The zero-order valence-electron chi connectivity index (χ0n) is 9.97. The molecule has 3 nitrogen and oxygen atoms in total. The van der Waals surface area contributed by atoms with Gasteiger partial charge in [0.25, 0.3) is 0 Å². The molecule has 0 unspecified atom stereocenters. The molecule has 0 aliphatic rings. The van der Waals surface area contributed by atoms with Crippen molar-refractivity contribution in [2.45, 2.75) is 6.54 Å². The Balaban J connectivity index is 2.13. The van der Waals surface area contributed by atoms with Crippen LogP contribution in [0.3, 0.4) is 0 Å². The molecule has 1 aromatic carbocycles. The minimum absolute atomic E-state index is 0.685. The summed E-state index contributed by atoms with van der Waals surface area (Å²) in [5, 5.41) is 8.86. The van der Waals surface area contributed by atoms with Gasteiger partial charge >= 0.3 is 0 Å². The fourth-order valence-electron chi connectivity index (χ4n) is 1.69. The average Bonchev–Trinajstić information content (AvgIpc) is 2.39. The maximum atomic E-state index is 8.86. The van der Waals surface area contributed by atoms with E-state index in [0.717, 1.165) is 22.4 Å². The van der Waals surface area contributed by atoms with Crippen molar-refractivity contribution in [3.63, 3.8) is 0 Å². The van der Waals surface area contributed by atoms with Crippen LogP contribution in [0.5, 0.6) is 0 Å². The zero-order chi connectivity index (χ0) is 13.0. The summed E-state index contributed by atoms with van der Waals surface area (Å²) in [6.45, 7) is 0.726. The molecular weight excluding hydrogens is 290 g/mol. The summed E-state index contributed by atoms with van der Waals surface area (Å²) >= 11 is 3.36. The third-order valence-corrected chi connectivity index (χ3v) is 3.05. The minimum Gasteiger partial charge on any atom is -0.355 e. The van der Waals surface area contributed by atoms with Crippen molar-refractivity contribution in [3.8, 4) is 6.07 Å². The van der Waals surface area contributed by atoms with Crippen LogP contribution in [0.2, 0.25) is 0 Å². The van der Waals surface area contributed by atoms with Crippen molar-refractivity contribution in [3.05, 3.63) is 58.2 Å². The average molecular weight is 302 g/mol. The first-order valence-electron chi connectivity index (χ1n) is 5.51. The largest absolute Gasteiger partial charge is 0.355 e. The number of rotatable bonds is 3. The van der Waals surface area contributed by atoms with E-state index in [9.17, 15) is 0 Å². The van der Waals surface area contributed by atoms with Gasteiger partial charge < -0.3 is 4.90 Å². The van der Waals surface area contributed by atoms with Crippen molar-refractivity contribution in [1.82, 2.24) is 4.98 Å². The predicted molar refractivity (Wildman–Crippen MR) is 75.2 cm³/mol. The van der Waals surface area contributed by atoms with E-state index < -0.39 is 0 Å². The number of anilines is 1. The Kier molecular flexibility index (Phi) is 3.96. The molecule has 0 fully saturated rings. The number of pyridine rings is 1. The summed E-state index contributed by atoms with van der Waals surface area (Å²) in [4.78, 5) is 6.38. The maximum Gasteiger partial charge on any atom is 0.128 e. The lowest BCUT2D eigenvalue weighted by molar-refractivity contribution is 0.897. The van der Waals surface area contributed by atoms with Gasteiger partial charge in [-0.1, -0.05) is 12.1 Å². The van der Waals surface area contributed by atoms with E-state index in [1.54, 1.807) is 12.3 Å². The van der Waals surface area contributed by atoms with Crippen molar-refractivity contribution in [2.24, 2.45) is 0 Å². The summed E-state index contributed by atoms with van der Waals surface area (Å²) in [6, 6.07) is 13.7. The third-order valence-electron chi connectivity index (χ3n) is 2.58. The van der Waals surface area contributed by atoms with E-state index in [0.29, 0.717) is 5.56 Å². The van der Waals surface area contributed by atoms with Gasteiger partial charge in [0.05, 0.1) is 11.6 Å². The van der Waals surface area contributed by atoms with E-state index in [2.05, 4.69) is 27.0 Å². The highest BCUT2D eigenvalue weighted by atomic mass is 79.9. The van der Waals surface area contributed by atoms with Crippen molar-refractivity contribution < 1.29 is 0 Å². The van der Waals surface area contributed by atoms with Crippen molar-refractivity contribution in [2.75, 3.05) is 11.9 Å². The first kappa shape index (κ1) is 12.6. The molecule has 4 heteroatoms. The summed E-state index contributed by atoms with van der Waals surface area (Å²) < 4.78 is 0.964. The van der Waals surface area contributed by atoms with Gasteiger partial charge in [0.15, 0.2) is 0 Å². The minimum atomic E-state index is 0.685. The summed E-state index contributed by atoms with van der Waals surface area (Å²) in [5.41, 5.74) is 1.78. The molecule has 2 aromatic rings. The second-order valence-electron chi connectivity index (χ2n) is 4.00. The lowest BCUT2D eigenvalue weighted by Crippen LogP contribution is -2.17. The molecule has 0 aliphatic carbocycles. The highest BCUT2D eigenvalue weighted by molar-refractivity contribution is 9.10. The number of nitrogens with zero attached hydrogens (tertiary/aromatic N) is 3. The lowest BCUT2D eigenvalue weighted by Gasteiger charge is -2.18. The van der Waals surface area contributed by atoms with Gasteiger partial charge in [-0.15, -0.1) is 0 Å². The Morgan fingerprint density at radius 3 is 2.83 bits per heavy atom.